The summed E-state index contributed by atoms with van der Waals surface area (Å²) >= 11 is 1.29. The monoisotopic (exact) mass is 372 g/mol. The van der Waals surface area contributed by atoms with Crippen LogP contribution in [0.2, 0.25) is 0 Å². The lowest BCUT2D eigenvalue weighted by Crippen LogP contribution is -2.32. The number of carbonyl (C=O) groups excluding carboxylic acids is 2. The second-order valence-corrected chi connectivity index (χ2v) is 8.61. The Kier molecular flexibility index (Phi) is 5.18. The first-order valence-electron chi connectivity index (χ1n) is 8.72. The number of rotatable bonds is 5. The second-order valence-electron chi connectivity index (χ2n) is 7.67. The van der Waals surface area contributed by atoms with Crippen molar-refractivity contribution in [3.8, 4) is 0 Å². The molecule has 1 fully saturated rings. The van der Waals surface area contributed by atoms with Gasteiger partial charge >= 0.3 is 0 Å². The molecule has 1 aliphatic rings. The summed E-state index contributed by atoms with van der Waals surface area (Å²) in [4.78, 5) is 24.3. The predicted octanol–water partition coefficient (Wildman–Crippen LogP) is 3.04. The number of hydrogen-bond acceptors (Lipinski definition) is 5. The fraction of sp³-hybridized carbons (Fsp3) is 0.474. The Hall–Kier alpha value is -2.15. The fourth-order valence-electron chi connectivity index (χ4n) is 2.64. The molecule has 0 spiro atoms. The zero-order valence-electron chi connectivity index (χ0n) is 15.6. The largest absolute Gasteiger partial charge is 0.309 e. The van der Waals surface area contributed by atoms with Gasteiger partial charge in [-0.25, -0.2) is 0 Å². The van der Waals surface area contributed by atoms with Crippen LogP contribution in [0.3, 0.4) is 0 Å². The number of carbonyl (C=O) groups is 2. The van der Waals surface area contributed by atoms with Crippen molar-refractivity contribution in [1.29, 1.82) is 0 Å². The highest BCUT2D eigenvalue weighted by atomic mass is 32.2. The molecule has 1 N–H and O–H groups in total. The highest BCUT2D eigenvalue weighted by Gasteiger charge is 2.29. The summed E-state index contributed by atoms with van der Waals surface area (Å²) in [6.45, 7) is 6.35. The lowest BCUT2D eigenvalue weighted by molar-refractivity contribution is -0.117. The number of nitrogens with zero attached hydrogens (tertiary/aromatic N) is 3. The average Bonchev–Trinajstić information content (AvgIpc) is 3.36. The van der Waals surface area contributed by atoms with Gasteiger partial charge in [-0.1, -0.05) is 44.7 Å². The van der Waals surface area contributed by atoms with Gasteiger partial charge in [-0.3, -0.25) is 14.9 Å². The standard InChI is InChI=1S/C19H24N4O2S/c1-19(2,3)14-9-7-13(8-10-14)17(25)20-15(24)11-26-18-22-21-16(23(18)4)12-5-6-12/h7-10,12H,5-6,11H2,1-4H3,(H,20,24,25). The first-order chi connectivity index (χ1) is 12.3. The van der Waals surface area contributed by atoms with Crippen LogP contribution >= 0.6 is 11.8 Å². The number of nitrogens with one attached hydrogen (secondary N) is 1. The Labute approximate surface area is 157 Å². The van der Waals surface area contributed by atoms with E-state index in [1.807, 2.05) is 23.7 Å². The van der Waals surface area contributed by atoms with Gasteiger partial charge in [0.05, 0.1) is 5.75 Å². The molecule has 1 aromatic carbocycles. The molecule has 0 bridgehead atoms. The van der Waals surface area contributed by atoms with Crippen LogP contribution in [0.4, 0.5) is 0 Å². The van der Waals surface area contributed by atoms with Crippen molar-refractivity contribution in [2.45, 2.75) is 50.1 Å². The SMILES string of the molecule is Cn1c(SCC(=O)NC(=O)c2ccc(C(C)(C)C)cc2)nnc1C1CC1. The number of hydrogen-bond donors (Lipinski definition) is 1. The highest BCUT2D eigenvalue weighted by molar-refractivity contribution is 7.99. The molecular formula is C19H24N4O2S. The molecule has 1 heterocycles. The van der Waals surface area contributed by atoms with Crippen molar-refractivity contribution >= 4 is 23.6 Å². The quantitative estimate of drug-likeness (QED) is 0.817. The van der Waals surface area contributed by atoms with Gasteiger partial charge in [0.1, 0.15) is 5.82 Å². The molecule has 0 unspecified atom stereocenters. The van der Waals surface area contributed by atoms with E-state index in [1.54, 1.807) is 12.1 Å². The maximum Gasteiger partial charge on any atom is 0.257 e. The van der Waals surface area contributed by atoms with E-state index in [4.69, 9.17) is 0 Å². The second kappa shape index (κ2) is 7.23. The summed E-state index contributed by atoms with van der Waals surface area (Å²) in [7, 11) is 1.91. The van der Waals surface area contributed by atoms with E-state index in [0.717, 1.165) is 24.2 Å². The summed E-state index contributed by atoms with van der Waals surface area (Å²) < 4.78 is 1.93. The zero-order chi connectivity index (χ0) is 18.9. The molecule has 1 aromatic heterocycles. The van der Waals surface area contributed by atoms with Crippen molar-refractivity contribution in [3.63, 3.8) is 0 Å². The van der Waals surface area contributed by atoms with E-state index < -0.39 is 0 Å². The molecule has 6 nitrogen and oxygen atoms in total. The first kappa shape index (κ1) is 18.6. The fourth-order valence-corrected chi connectivity index (χ4v) is 3.35. The van der Waals surface area contributed by atoms with E-state index in [-0.39, 0.29) is 23.0 Å². The van der Waals surface area contributed by atoms with Crippen LogP contribution in [0.25, 0.3) is 0 Å². The molecule has 0 aliphatic heterocycles. The van der Waals surface area contributed by atoms with Crippen molar-refractivity contribution < 1.29 is 9.59 Å². The third-order valence-corrected chi connectivity index (χ3v) is 5.43. The molecule has 7 heteroatoms. The molecule has 1 saturated carbocycles. The van der Waals surface area contributed by atoms with E-state index in [2.05, 4.69) is 36.3 Å². The summed E-state index contributed by atoms with van der Waals surface area (Å²) in [6.07, 6.45) is 2.30. The third-order valence-electron chi connectivity index (χ3n) is 4.41. The van der Waals surface area contributed by atoms with Crippen LogP contribution in [0, 0.1) is 0 Å². The molecular weight excluding hydrogens is 348 g/mol. The molecule has 1 aliphatic carbocycles. The maximum absolute atomic E-state index is 12.2. The van der Waals surface area contributed by atoms with E-state index in [1.165, 1.54) is 11.8 Å². The summed E-state index contributed by atoms with van der Waals surface area (Å²) in [5.41, 5.74) is 1.65. The van der Waals surface area contributed by atoms with Gasteiger partial charge in [-0.15, -0.1) is 10.2 Å². The minimum absolute atomic E-state index is 0.0247. The maximum atomic E-state index is 12.2. The normalized spacial score (nSPS) is 14.3. The van der Waals surface area contributed by atoms with E-state index in [9.17, 15) is 9.59 Å². The highest BCUT2D eigenvalue weighted by Crippen LogP contribution is 2.39. The van der Waals surface area contributed by atoms with Gasteiger partial charge in [-0.2, -0.15) is 0 Å². The Morgan fingerprint density at radius 3 is 2.42 bits per heavy atom. The average molecular weight is 372 g/mol. The van der Waals surface area contributed by atoms with Crippen molar-refractivity contribution in [1.82, 2.24) is 20.1 Å². The minimum Gasteiger partial charge on any atom is -0.309 e. The van der Waals surface area contributed by atoms with Crippen LogP contribution in [-0.4, -0.2) is 32.3 Å². The molecule has 0 saturated heterocycles. The van der Waals surface area contributed by atoms with Crippen LogP contribution in [0.1, 0.15) is 61.3 Å². The molecule has 0 atom stereocenters. The molecule has 2 amide bonds. The predicted molar refractivity (Wildman–Crippen MR) is 101 cm³/mol. The molecule has 26 heavy (non-hydrogen) atoms. The topological polar surface area (TPSA) is 76.9 Å². The Morgan fingerprint density at radius 1 is 1.19 bits per heavy atom. The van der Waals surface area contributed by atoms with E-state index >= 15 is 0 Å². The summed E-state index contributed by atoms with van der Waals surface area (Å²) in [5.74, 6) is 0.891. The van der Waals surface area contributed by atoms with Crippen molar-refractivity contribution in [3.05, 3.63) is 41.2 Å². The van der Waals surface area contributed by atoms with Gasteiger partial charge in [-0.05, 0) is 36.0 Å². The number of amides is 2. The lowest BCUT2D eigenvalue weighted by Gasteiger charge is -2.18. The van der Waals surface area contributed by atoms with Gasteiger partial charge in [0, 0.05) is 18.5 Å². The van der Waals surface area contributed by atoms with Gasteiger partial charge in [0.25, 0.3) is 5.91 Å². The van der Waals surface area contributed by atoms with E-state index in [0.29, 0.717) is 16.6 Å². The van der Waals surface area contributed by atoms with Crippen LogP contribution in [0.15, 0.2) is 29.4 Å². The van der Waals surface area contributed by atoms with Crippen LogP contribution < -0.4 is 5.32 Å². The first-order valence-corrected chi connectivity index (χ1v) is 9.71. The lowest BCUT2D eigenvalue weighted by atomic mass is 9.87. The zero-order valence-corrected chi connectivity index (χ0v) is 16.4. The van der Waals surface area contributed by atoms with Crippen LogP contribution in [-0.2, 0) is 17.3 Å². The smallest absolute Gasteiger partial charge is 0.257 e. The number of thioether (sulfide) groups is 1. The molecule has 2 aromatic rings. The molecule has 3 rings (SSSR count). The van der Waals surface area contributed by atoms with Crippen LogP contribution in [0.5, 0.6) is 0 Å². The van der Waals surface area contributed by atoms with Crippen molar-refractivity contribution in [2.75, 3.05) is 5.75 Å². The Balaban J connectivity index is 1.53. The third kappa shape index (κ3) is 4.33. The molecule has 138 valence electrons. The van der Waals surface area contributed by atoms with Gasteiger partial charge < -0.3 is 4.57 Å². The summed E-state index contributed by atoms with van der Waals surface area (Å²) in [5, 5.41) is 11.4. The summed E-state index contributed by atoms with van der Waals surface area (Å²) in [6, 6.07) is 7.35. The molecule has 0 radical (unpaired) electrons. The van der Waals surface area contributed by atoms with Gasteiger partial charge in [0.2, 0.25) is 5.91 Å². The van der Waals surface area contributed by atoms with Crippen molar-refractivity contribution in [2.24, 2.45) is 7.05 Å². The number of benzene rings is 1. The Morgan fingerprint density at radius 2 is 1.85 bits per heavy atom. The number of imide groups is 1. The number of aromatic nitrogens is 3. The Bertz CT molecular complexity index is 817. The minimum atomic E-state index is -0.382. The van der Waals surface area contributed by atoms with Gasteiger partial charge in [0.15, 0.2) is 5.16 Å².